The zero-order valence-corrected chi connectivity index (χ0v) is 9.04. The first kappa shape index (κ1) is 9.84. The van der Waals surface area contributed by atoms with Gasteiger partial charge >= 0.3 is 0 Å². The fraction of sp³-hybridized carbons (Fsp3) is 0. The van der Waals surface area contributed by atoms with Gasteiger partial charge in [0.15, 0.2) is 0 Å². The Morgan fingerprint density at radius 2 is 1.64 bits per heavy atom. The lowest BCUT2D eigenvalue weighted by Gasteiger charge is -2.02. The number of rotatable bonds is 0. The van der Waals surface area contributed by atoms with Crippen molar-refractivity contribution in [3.63, 3.8) is 0 Å². The minimum absolute atomic E-state index is 0.0988. The highest BCUT2D eigenvalue weighted by Crippen LogP contribution is 2.26. The van der Waals surface area contributed by atoms with Crippen molar-refractivity contribution in [2.75, 3.05) is 0 Å². The first-order valence-electron chi connectivity index (χ1n) is 3.76. The molecule has 1 aromatic heterocycles. The fourth-order valence-electron chi connectivity index (χ4n) is 1.24. The predicted octanol–water partition coefficient (Wildman–Crippen LogP) is 3.49. The van der Waals surface area contributed by atoms with Gasteiger partial charge in [-0.2, -0.15) is 0 Å². The van der Waals surface area contributed by atoms with Crippen molar-refractivity contribution in [3.8, 4) is 0 Å². The van der Waals surface area contributed by atoms with Crippen molar-refractivity contribution in [2.45, 2.75) is 0 Å². The standard InChI is InChI=1S/C9H4Cl3NO/c10-4-1-2-5(11)8-7(4)9(14)6(12)3-13-8/h1-3H,(H,13,14). The lowest BCUT2D eigenvalue weighted by atomic mass is 10.2. The molecule has 0 spiro atoms. The third-order valence-electron chi connectivity index (χ3n) is 1.89. The van der Waals surface area contributed by atoms with Crippen LogP contribution >= 0.6 is 34.8 Å². The zero-order valence-electron chi connectivity index (χ0n) is 6.77. The molecule has 0 aliphatic heterocycles. The quantitative estimate of drug-likeness (QED) is 0.760. The van der Waals surface area contributed by atoms with Crippen LogP contribution in [-0.2, 0) is 0 Å². The van der Waals surface area contributed by atoms with E-state index in [1.807, 2.05) is 0 Å². The summed E-state index contributed by atoms with van der Waals surface area (Å²) in [5.41, 5.74) is 0.196. The molecule has 72 valence electrons. The molecule has 5 heteroatoms. The number of aromatic nitrogens is 1. The molecule has 2 rings (SSSR count). The average Bonchev–Trinajstić information content (AvgIpc) is 2.16. The second kappa shape index (κ2) is 3.46. The second-order valence-electron chi connectivity index (χ2n) is 2.74. The number of nitrogens with one attached hydrogen (secondary N) is 1. The molecule has 0 saturated heterocycles. The summed E-state index contributed by atoms with van der Waals surface area (Å²) >= 11 is 17.4. The lowest BCUT2D eigenvalue weighted by Crippen LogP contribution is -2.03. The summed E-state index contributed by atoms with van der Waals surface area (Å²) in [7, 11) is 0. The smallest absolute Gasteiger partial charge is 0.209 e. The molecule has 14 heavy (non-hydrogen) atoms. The van der Waals surface area contributed by atoms with Gasteiger partial charge in [-0.25, -0.2) is 0 Å². The Hall–Kier alpha value is -0.700. The molecular formula is C9H4Cl3NO. The van der Waals surface area contributed by atoms with Crippen LogP contribution in [0.25, 0.3) is 10.9 Å². The van der Waals surface area contributed by atoms with E-state index in [0.29, 0.717) is 20.9 Å². The highest BCUT2D eigenvalue weighted by Gasteiger charge is 2.09. The third kappa shape index (κ3) is 1.40. The van der Waals surface area contributed by atoms with E-state index in [9.17, 15) is 4.79 Å². The van der Waals surface area contributed by atoms with Crippen molar-refractivity contribution >= 4 is 45.7 Å². The maximum absolute atomic E-state index is 11.6. The van der Waals surface area contributed by atoms with Crippen molar-refractivity contribution in [1.82, 2.24) is 4.98 Å². The molecule has 0 amide bonds. The summed E-state index contributed by atoms with van der Waals surface area (Å²) in [5.74, 6) is 0. The van der Waals surface area contributed by atoms with E-state index in [1.165, 1.54) is 6.20 Å². The minimum Gasteiger partial charge on any atom is -0.358 e. The maximum Gasteiger partial charge on any atom is 0.209 e. The Labute approximate surface area is 94.4 Å². The molecule has 2 aromatic rings. The van der Waals surface area contributed by atoms with Gasteiger partial charge in [-0.05, 0) is 12.1 Å². The molecule has 2 nitrogen and oxygen atoms in total. The molecule has 0 saturated carbocycles. The van der Waals surface area contributed by atoms with Gasteiger partial charge in [-0.3, -0.25) is 4.79 Å². The van der Waals surface area contributed by atoms with Crippen LogP contribution in [0.1, 0.15) is 0 Å². The number of hydrogen-bond donors (Lipinski definition) is 1. The minimum atomic E-state index is -0.312. The van der Waals surface area contributed by atoms with Crippen molar-refractivity contribution < 1.29 is 0 Å². The summed E-state index contributed by atoms with van der Waals surface area (Å²) in [6.07, 6.45) is 1.40. The van der Waals surface area contributed by atoms with Gasteiger partial charge in [0.25, 0.3) is 0 Å². The molecule has 0 bridgehead atoms. The van der Waals surface area contributed by atoms with Gasteiger partial charge in [0.1, 0.15) is 5.02 Å². The van der Waals surface area contributed by atoms with Gasteiger partial charge in [0.2, 0.25) is 5.43 Å². The van der Waals surface area contributed by atoms with Crippen LogP contribution in [0.5, 0.6) is 0 Å². The Morgan fingerprint density at radius 3 is 2.36 bits per heavy atom. The number of fused-ring (bicyclic) bond motifs is 1. The van der Waals surface area contributed by atoms with E-state index in [2.05, 4.69) is 4.98 Å². The van der Waals surface area contributed by atoms with Crippen LogP contribution in [0.3, 0.4) is 0 Å². The number of benzene rings is 1. The number of H-pyrrole nitrogens is 1. The molecule has 1 aromatic carbocycles. The Balaban J connectivity index is 3.09. The molecule has 0 fully saturated rings. The maximum atomic E-state index is 11.6. The van der Waals surface area contributed by atoms with Crippen LogP contribution in [0.4, 0.5) is 0 Å². The third-order valence-corrected chi connectivity index (χ3v) is 2.80. The summed E-state index contributed by atoms with van der Waals surface area (Å²) in [6, 6.07) is 3.19. The van der Waals surface area contributed by atoms with Crippen molar-refractivity contribution in [2.24, 2.45) is 0 Å². The molecule has 0 aliphatic carbocycles. The Kier molecular flexibility index (Phi) is 2.43. The topological polar surface area (TPSA) is 32.9 Å². The van der Waals surface area contributed by atoms with Crippen molar-refractivity contribution in [1.29, 1.82) is 0 Å². The monoisotopic (exact) mass is 247 g/mol. The van der Waals surface area contributed by atoms with E-state index < -0.39 is 0 Å². The van der Waals surface area contributed by atoms with Crippen molar-refractivity contribution in [3.05, 3.63) is 43.6 Å². The predicted molar refractivity (Wildman–Crippen MR) is 59.6 cm³/mol. The number of hydrogen-bond acceptors (Lipinski definition) is 1. The molecule has 0 radical (unpaired) electrons. The zero-order chi connectivity index (χ0) is 10.3. The second-order valence-corrected chi connectivity index (χ2v) is 3.97. The van der Waals surface area contributed by atoms with E-state index in [4.69, 9.17) is 34.8 Å². The lowest BCUT2D eigenvalue weighted by molar-refractivity contribution is 1.39. The molecular weight excluding hydrogens is 244 g/mol. The largest absolute Gasteiger partial charge is 0.358 e. The SMILES string of the molecule is O=c1c(Cl)c[nH]c2c(Cl)ccc(Cl)c12. The van der Waals surface area contributed by atoms with E-state index in [-0.39, 0.29) is 10.5 Å². The summed E-state index contributed by atoms with van der Waals surface area (Å²) in [4.78, 5) is 14.4. The van der Waals surface area contributed by atoms with Gasteiger partial charge < -0.3 is 4.98 Å². The average molecular weight is 248 g/mol. The van der Waals surface area contributed by atoms with Gasteiger partial charge in [-0.1, -0.05) is 34.8 Å². The number of aromatic amines is 1. The Bertz CT molecular complexity index is 562. The molecule has 0 unspecified atom stereocenters. The highest BCUT2D eigenvalue weighted by molar-refractivity contribution is 6.40. The van der Waals surface area contributed by atoms with Crippen LogP contribution in [0.15, 0.2) is 23.1 Å². The normalized spacial score (nSPS) is 10.8. The molecule has 0 atom stereocenters. The van der Waals surface area contributed by atoms with E-state index in [0.717, 1.165) is 0 Å². The summed E-state index contributed by atoms with van der Waals surface area (Å²) in [5, 5.41) is 1.21. The van der Waals surface area contributed by atoms with Crippen LogP contribution in [-0.4, -0.2) is 4.98 Å². The summed E-state index contributed by atoms with van der Waals surface area (Å²) < 4.78 is 0. The van der Waals surface area contributed by atoms with Gasteiger partial charge in [0, 0.05) is 6.20 Å². The van der Waals surface area contributed by atoms with Crippen LogP contribution in [0, 0.1) is 0 Å². The first-order chi connectivity index (χ1) is 6.61. The van der Waals surface area contributed by atoms with E-state index >= 15 is 0 Å². The number of pyridine rings is 1. The Morgan fingerprint density at radius 1 is 1.00 bits per heavy atom. The summed E-state index contributed by atoms with van der Waals surface area (Å²) in [6.45, 7) is 0. The van der Waals surface area contributed by atoms with Crippen LogP contribution in [0.2, 0.25) is 15.1 Å². The van der Waals surface area contributed by atoms with E-state index in [1.54, 1.807) is 12.1 Å². The molecule has 1 heterocycles. The molecule has 1 N–H and O–H groups in total. The van der Waals surface area contributed by atoms with Gasteiger partial charge in [0.05, 0.1) is 20.9 Å². The van der Waals surface area contributed by atoms with Gasteiger partial charge in [-0.15, -0.1) is 0 Å². The molecule has 0 aliphatic rings. The van der Waals surface area contributed by atoms with Crippen LogP contribution < -0.4 is 5.43 Å². The fourth-order valence-corrected chi connectivity index (χ4v) is 1.84. The first-order valence-corrected chi connectivity index (χ1v) is 4.89. The number of halogens is 3. The highest BCUT2D eigenvalue weighted by atomic mass is 35.5.